The molecule has 0 bridgehead atoms. The van der Waals surface area contributed by atoms with Crippen LogP contribution in [0.1, 0.15) is 13.3 Å². The van der Waals surface area contributed by atoms with E-state index in [4.69, 9.17) is 9.47 Å². The molecule has 1 rings (SSSR count). The van der Waals surface area contributed by atoms with Crippen molar-refractivity contribution >= 4 is 35.6 Å². The number of ether oxygens (including phenoxy) is 3. The number of nitrogens with one attached hydrogen (secondary N) is 2. The SMILES string of the molecule is CCNC(=NCCCOCC(F)(F)F)Nc1ccc(OC)c(OC)c1.I. The van der Waals surface area contributed by atoms with Crippen LogP contribution < -0.4 is 20.1 Å². The van der Waals surface area contributed by atoms with E-state index in [-0.39, 0.29) is 30.6 Å². The van der Waals surface area contributed by atoms with Crippen LogP contribution in [0.25, 0.3) is 0 Å². The topological polar surface area (TPSA) is 64.1 Å². The first-order valence-electron chi connectivity index (χ1n) is 7.81. The monoisotopic (exact) mass is 491 g/mol. The Balaban J connectivity index is 0.00000625. The number of aliphatic imine (C=N–C) groups is 1. The summed E-state index contributed by atoms with van der Waals surface area (Å²) in [4.78, 5) is 4.30. The Labute approximate surface area is 168 Å². The molecule has 0 aliphatic rings. The molecule has 2 N–H and O–H groups in total. The molecule has 0 spiro atoms. The first-order valence-corrected chi connectivity index (χ1v) is 7.81. The third kappa shape index (κ3) is 9.90. The maximum absolute atomic E-state index is 12.0. The zero-order chi connectivity index (χ0) is 18.7. The largest absolute Gasteiger partial charge is 0.493 e. The van der Waals surface area contributed by atoms with Crippen LogP contribution in [0.3, 0.4) is 0 Å². The predicted molar refractivity (Wildman–Crippen MR) is 106 cm³/mol. The standard InChI is InChI=1S/C16H24F3N3O3.HI/c1-4-20-15(21-8-5-9-25-11-16(17,18)19)22-12-6-7-13(23-2)14(10-12)24-3;/h6-7,10H,4-5,8-9,11H2,1-3H3,(H2,20,21,22);1H. The number of rotatable bonds is 9. The first-order chi connectivity index (χ1) is 11.9. The first kappa shape index (κ1) is 24.6. The average Bonchev–Trinajstić information content (AvgIpc) is 2.57. The van der Waals surface area contributed by atoms with Gasteiger partial charge in [0.25, 0.3) is 0 Å². The average molecular weight is 491 g/mol. The van der Waals surface area contributed by atoms with Gasteiger partial charge < -0.3 is 24.8 Å². The lowest BCUT2D eigenvalue weighted by molar-refractivity contribution is -0.173. The fourth-order valence-electron chi connectivity index (χ4n) is 1.90. The van der Waals surface area contributed by atoms with Gasteiger partial charge in [0.2, 0.25) is 0 Å². The lowest BCUT2D eigenvalue weighted by atomic mass is 10.3. The van der Waals surface area contributed by atoms with Gasteiger partial charge in [0, 0.05) is 31.5 Å². The number of methoxy groups -OCH3 is 2. The van der Waals surface area contributed by atoms with Gasteiger partial charge in [0.1, 0.15) is 6.61 Å². The molecule has 0 unspecified atom stereocenters. The van der Waals surface area contributed by atoms with Gasteiger partial charge in [-0.25, -0.2) is 0 Å². The lowest BCUT2D eigenvalue weighted by Crippen LogP contribution is -2.30. The van der Waals surface area contributed by atoms with E-state index in [0.29, 0.717) is 37.0 Å². The molecule has 0 atom stereocenters. The van der Waals surface area contributed by atoms with Gasteiger partial charge in [-0.1, -0.05) is 0 Å². The number of anilines is 1. The molecule has 1 aromatic rings. The van der Waals surface area contributed by atoms with Gasteiger partial charge in [0.05, 0.1) is 14.2 Å². The van der Waals surface area contributed by atoms with E-state index < -0.39 is 12.8 Å². The molecule has 26 heavy (non-hydrogen) atoms. The number of nitrogens with zero attached hydrogens (tertiary/aromatic N) is 1. The van der Waals surface area contributed by atoms with E-state index in [9.17, 15) is 13.2 Å². The van der Waals surface area contributed by atoms with Crippen LogP contribution in [0, 0.1) is 0 Å². The van der Waals surface area contributed by atoms with E-state index in [1.54, 1.807) is 32.4 Å². The summed E-state index contributed by atoms with van der Waals surface area (Å²) in [5.74, 6) is 1.70. The van der Waals surface area contributed by atoms with Gasteiger partial charge in [-0.3, -0.25) is 4.99 Å². The molecule has 0 saturated heterocycles. The third-order valence-corrected chi connectivity index (χ3v) is 2.97. The quantitative estimate of drug-likeness (QED) is 0.239. The second kappa shape index (κ2) is 12.8. The van der Waals surface area contributed by atoms with Crippen LogP contribution >= 0.6 is 24.0 Å². The fraction of sp³-hybridized carbons (Fsp3) is 0.562. The van der Waals surface area contributed by atoms with Crippen molar-refractivity contribution in [1.29, 1.82) is 0 Å². The van der Waals surface area contributed by atoms with Gasteiger partial charge in [0.15, 0.2) is 17.5 Å². The molecular formula is C16H25F3IN3O3. The molecule has 6 nitrogen and oxygen atoms in total. The van der Waals surface area contributed by atoms with Crippen LogP contribution in [-0.4, -0.2) is 52.7 Å². The van der Waals surface area contributed by atoms with E-state index >= 15 is 0 Å². The van der Waals surface area contributed by atoms with E-state index in [2.05, 4.69) is 20.4 Å². The zero-order valence-corrected chi connectivity index (χ0v) is 17.3. The number of benzene rings is 1. The van der Waals surface area contributed by atoms with Crippen LogP contribution in [0.4, 0.5) is 18.9 Å². The van der Waals surface area contributed by atoms with Gasteiger partial charge in [-0.15, -0.1) is 24.0 Å². The minimum absolute atomic E-state index is 0. The second-order valence-corrected chi connectivity index (χ2v) is 4.98. The minimum Gasteiger partial charge on any atom is -0.493 e. The van der Waals surface area contributed by atoms with Crippen molar-refractivity contribution in [2.24, 2.45) is 4.99 Å². The second-order valence-electron chi connectivity index (χ2n) is 4.98. The van der Waals surface area contributed by atoms with E-state index in [1.165, 1.54) is 0 Å². The Bertz CT molecular complexity index is 557. The Kier molecular flexibility index (Phi) is 12.1. The predicted octanol–water partition coefficient (Wildman–Crippen LogP) is 3.67. The Morgan fingerprint density at radius 2 is 1.85 bits per heavy atom. The summed E-state index contributed by atoms with van der Waals surface area (Å²) < 4.78 is 50.8. The Morgan fingerprint density at radius 3 is 2.42 bits per heavy atom. The molecule has 10 heteroatoms. The molecule has 0 aliphatic carbocycles. The molecule has 0 aromatic heterocycles. The molecular weight excluding hydrogens is 466 g/mol. The van der Waals surface area contributed by atoms with Crippen molar-refractivity contribution in [2.75, 3.05) is 45.8 Å². The highest BCUT2D eigenvalue weighted by molar-refractivity contribution is 14.0. The minimum atomic E-state index is -4.30. The van der Waals surface area contributed by atoms with Gasteiger partial charge >= 0.3 is 6.18 Å². The summed E-state index contributed by atoms with van der Waals surface area (Å²) in [6.07, 6.45) is -3.91. The van der Waals surface area contributed by atoms with Crippen molar-refractivity contribution < 1.29 is 27.4 Å². The van der Waals surface area contributed by atoms with E-state index in [0.717, 1.165) is 5.69 Å². The number of hydrogen-bond acceptors (Lipinski definition) is 4. The van der Waals surface area contributed by atoms with Crippen molar-refractivity contribution in [2.45, 2.75) is 19.5 Å². The van der Waals surface area contributed by atoms with Crippen molar-refractivity contribution in [3.8, 4) is 11.5 Å². The summed E-state index contributed by atoms with van der Waals surface area (Å²) in [7, 11) is 3.10. The Hall–Kier alpha value is -1.43. The summed E-state index contributed by atoms with van der Waals surface area (Å²) >= 11 is 0. The number of halogens is 4. The normalized spacial score (nSPS) is 11.5. The van der Waals surface area contributed by atoms with Crippen LogP contribution in [-0.2, 0) is 4.74 Å². The number of hydrogen-bond donors (Lipinski definition) is 2. The zero-order valence-electron chi connectivity index (χ0n) is 15.0. The molecule has 0 heterocycles. The van der Waals surface area contributed by atoms with Crippen LogP contribution in [0.5, 0.6) is 11.5 Å². The molecule has 0 radical (unpaired) electrons. The highest BCUT2D eigenvalue weighted by atomic mass is 127. The van der Waals surface area contributed by atoms with Crippen molar-refractivity contribution in [1.82, 2.24) is 5.32 Å². The molecule has 0 saturated carbocycles. The fourth-order valence-corrected chi connectivity index (χ4v) is 1.90. The maximum atomic E-state index is 12.0. The highest BCUT2D eigenvalue weighted by Crippen LogP contribution is 2.29. The molecule has 150 valence electrons. The molecule has 1 aromatic carbocycles. The van der Waals surface area contributed by atoms with Crippen molar-refractivity contribution in [3.63, 3.8) is 0 Å². The molecule has 0 aliphatic heterocycles. The molecule has 0 fully saturated rings. The summed E-state index contributed by atoms with van der Waals surface area (Å²) in [6.45, 7) is 1.65. The van der Waals surface area contributed by atoms with Crippen LogP contribution in [0.2, 0.25) is 0 Å². The van der Waals surface area contributed by atoms with Crippen LogP contribution in [0.15, 0.2) is 23.2 Å². The third-order valence-electron chi connectivity index (χ3n) is 2.97. The summed E-state index contributed by atoms with van der Waals surface area (Å²) in [5, 5.41) is 6.16. The van der Waals surface area contributed by atoms with Gasteiger partial charge in [-0.2, -0.15) is 13.2 Å². The number of alkyl halides is 3. The molecule has 0 amide bonds. The van der Waals surface area contributed by atoms with Crippen molar-refractivity contribution in [3.05, 3.63) is 18.2 Å². The summed E-state index contributed by atoms with van der Waals surface area (Å²) in [5.41, 5.74) is 0.741. The lowest BCUT2D eigenvalue weighted by Gasteiger charge is -2.14. The van der Waals surface area contributed by atoms with Gasteiger partial charge in [-0.05, 0) is 25.5 Å². The smallest absolute Gasteiger partial charge is 0.411 e. The van der Waals surface area contributed by atoms with E-state index in [1.807, 2.05) is 6.92 Å². The maximum Gasteiger partial charge on any atom is 0.411 e. The number of guanidine groups is 1. The Morgan fingerprint density at radius 1 is 1.15 bits per heavy atom. The summed E-state index contributed by atoms with van der Waals surface area (Å²) in [6, 6.07) is 5.33. The highest BCUT2D eigenvalue weighted by Gasteiger charge is 2.27.